The Hall–Kier alpha value is -0.340. The summed E-state index contributed by atoms with van der Waals surface area (Å²) in [5.41, 5.74) is 1.17. The van der Waals surface area contributed by atoms with E-state index in [1.54, 1.807) is 14.2 Å². The van der Waals surface area contributed by atoms with Crippen LogP contribution in [0.25, 0.3) is 0 Å². The third kappa shape index (κ3) is 3.64. The Bertz CT molecular complexity index is 104. The van der Waals surface area contributed by atoms with E-state index in [2.05, 4.69) is 6.92 Å². The molecule has 0 heterocycles. The summed E-state index contributed by atoms with van der Waals surface area (Å²) in [6, 6.07) is 0. The molecule has 0 spiro atoms. The lowest BCUT2D eigenvalue weighted by molar-refractivity contribution is -0.0671. The Morgan fingerprint density at radius 1 is 1.50 bits per heavy atom. The zero-order chi connectivity index (χ0) is 7.98. The van der Waals surface area contributed by atoms with Crippen molar-refractivity contribution in [3.8, 4) is 0 Å². The third-order valence-corrected chi connectivity index (χ3v) is 1.28. The predicted octanol–water partition coefficient (Wildman–Crippen LogP) is 1.78. The first-order valence-corrected chi connectivity index (χ1v) is 3.26. The normalized spacial score (nSPS) is 12.7. The molecule has 0 saturated heterocycles. The zero-order valence-corrected chi connectivity index (χ0v) is 6.89. The maximum Gasteiger partial charge on any atom is 0.176 e. The van der Waals surface area contributed by atoms with Crippen molar-refractivity contribution in [2.24, 2.45) is 0 Å². The van der Waals surface area contributed by atoms with E-state index in [0.29, 0.717) is 0 Å². The van der Waals surface area contributed by atoms with E-state index in [1.165, 1.54) is 5.57 Å². The van der Waals surface area contributed by atoms with E-state index in [4.69, 9.17) is 9.47 Å². The van der Waals surface area contributed by atoms with E-state index in [1.807, 2.05) is 13.0 Å². The van der Waals surface area contributed by atoms with E-state index < -0.39 is 0 Å². The summed E-state index contributed by atoms with van der Waals surface area (Å²) in [4.78, 5) is 0. The maximum atomic E-state index is 4.95. The molecule has 0 unspecified atom stereocenters. The smallest absolute Gasteiger partial charge is 0.176 e. The molecule has 0 aromatic rings. The number of hydrogen-bond acceptors (Lipinski definition) is 2. The molecule has 0 bridgehead atoms. The van der Waals surface area contributed by atoms with Gasteiger partial charge in [0, 0.05) is 14.2 Å². The van der Waals surface area contributed by atoms with Crippen molar-refractivity contribution in [2.75, 3.05) is 14.2 Å². The van der Waals surface area contributed by atoms with E-state index in [9.17, 15) is 0 Å². The molecule has 0 aliphatic carbocycles. The van der Waals surface area contributed by atoms with Gasteiger partial charge in [0.15, 0.2) is 6.29 Å². The second-order valence-electron chi connectivity index (χ2n) is 2.10. The SMILES string of the molecule is [CH2]C/C(C)=C/C(OC)OC. The highest BCUT2D eigenvalue weighted by atomic mass is 16.7. The topological polar surface area (TPSA) is 18.5 Å². The Morgan fingerprint density at radius 3 is 2.30 bits per heavy atom. The average molecular weight is 143 g/mol. The first kappa shape index (κ1) is 9.66. The highest BCUT2D eigenvalue weighted by molar-refractivity contribution is 5.00. The fraction of sp³-hybridized carbons (Fsp3) is 0.625. The van der Waals surface area contributed by atoms with Gasteiger partial charge in [-0.05, 0) is 26.3 Å². The van der Waals surface area contributed by atoms with Crippen LogP contribution >= 0.6 is 0 Å². The van der Waals surface area contributed by atoms with Crippen LogP contribution in [0, 0.1) is 6.92 Å². The van der Waals surface area contributed by atoms with Gasteiger partial charge in [0.1, 0.15) is 0 Å². The van der Waals surface area contributed by atoms with Crippen molar-refractivity contribution in [3.05, 3.63) is 18.6 Å². The van der Waals surface area contributed by atoms with Gasteiger partial charge in [0.05, 0.1) is 0 Å². The molecule has 0 rings (SSSR count). The Kier molecular flexibility index (Phi) is 5.26. The Morgan fingerprint density at radius 2 is 2.00 bits per heavy atom. The molecule has 0 amide bonds. The fourth-order valence-electron chi connectivity index (χ4n) is 0.548. The molecule has 0 fully saturated rings. The molecule has 59 valence electrons. The lowest BCUT2D eigenvalue weighted by Crippen LogP contribution is -2.09. The van der Waals surface area contributed by atoms with Crippen LogP contribution in [-0.2, 0) is 9.47 Å². The highest BCUT2D eigenvalue weighted by Crippen LogP contribution is 2.02. The average Bonchev–Trinajstić information content (AvgIpc) is 1.99. The number of allylic oxidation sites excluding steroid dienone is 1. The lowest BCUT2D eigenvalue weighted by atomic mass is 10.2. The molecule has 0 aromatic carbocycles. The van der Waals surface area contributed by atoms with Crippen molar-refractivity contribution < 1.29 is 9.47 Å². The number of ether oxygens (including phenoxy) is 2. The van der Waals surface area contributed by atoms with Gasteiger partial charge >= 0.3 is 0 Å². The molecular weight excluding hydrogens is 128 g/mol. The van der Waals surface area contributed by atoms with Crippen LogP contribution in [0.3, 0.4) is 0 Å². The fourth-order valence-corrected chi connectivity index (χ4v) is 0.548. The van der Waals surface area contributed by atoms with Gasteiger partial charge in [-0.25, -0.2) is 0 Å². The van der Waals surface area contributed by atoms with Gasteiger partial charge in [0.25, 0.3) is 0 Å². The summed E-state index contributed by atoms with van der Waals surface area (Å²) in [6.07, 6.45) is 2.48. The van der Waals surface area contributed by atoms with Crippen molar-refractivity contribution in [1.82, 2.24) is 0 Å². The van der Waals surface area contributed by atoms with Crippen molar-refractivity contribution >= 4 is 0 Å². The summed E-state index contributed by atoms with van der Waals surface area (Å²) >= 11 is 0. The molecule has 0 aliphatic rings. The Labute approximate surface area is 62.8 Å². The van der Waals surface area contributed by atoms with Gasteiger partial charge in [-0.15, -0.1) is 0 Å². The molecule has 0 atom stereocenters. The molecule has 10 heavy (non-hydrogen) atoms. The van der Waals surface area contributed by atoms with E-state index in [0.717, 1.165) is 6.42 Å². The van der Waals surface area contributed by atoms with Crippen LogP contribution in [0.5, 0.6) is 0 Å². The molecule has 1 radical (unpaired) electrons. The second-order valence-corrected chi connectivity index (χ2v) is 2.10. The van der Waals surface area contributed by atoms with E-state index >= 15 is 0 Å². The monoisotopic (exact) mass is 143 g/mol. The minimum Gasteiger partial charge on any atom is -0.352 e. The predicted molar refractivity (Wildman–Crippen MR) is 41.5 cm³/mol. The highest BCUT2D eigenvalue weighted by Gasteiger charge is 1.98. The minimum absolute atomic E-state index is 0.221. The zero-order valence-electron chi connectivity index (χ0n) is 6.89. The standard InChI is InChI=1S/C8H15O2/c1-5-7(2)6-8(9-3)10-4/h6,8H,1,5H2,2-4H3/b7-6+. The second kappa shape index (κ2) is 5.45. The first-order chi connectivity index (χ1) is 4.74. The van der Waals surface area contributed by atoms with Crippen LogP contribution in [0.2, 0.25) is 0 Å². The summed E-state index contributed by atoms with van der Waals surface area (Å²) in [5, 5.41) is 0. The quantitative estimate of drug-likeness (QED) is 0.441. The molecule has 0 N–H and O–H groups in total. The summed E-state index contributed by atoms with van der Waals surface area (Å²) < 4.78 is 9.89. The first-order valence-electron chi connectivity index (χ1n) is 3.26. The molecule has 2 nitrogen and oxygen atoms in total. The minimum atomic E-state index is -0.221. The van der Waals surface area contributed by atoms with Gasteiger partial charge in [-0.2, -0.15) is 0 Å². The van der Waals surface area contributed by atoms with Crippen molar-refractivity contribution in [2.45, 2.75) is 19.6 Å². The van der Waals surface area contributed by atoms with Crippen LogP contribution < -0.4 is 0 Å². The molecular formula is C8H15O2. The number of rotatable bonds is 4. The Balaban J connectivity index is 3.80. The third-order valence-electron chi connectivity index (χ3n) is 1.28. The van der Waals surface area contributed by atoms with Crippen molar-refractivity contribution in [3.63, 3.8) is 0 Å². The van der Waals surface area contributed by atoms with Crippen molar-refractivity contribution in [1.29, 1.82) is 0 Å². The van der Waals surface area contributed by atoms with Crippen LogP contribution in [0.1, 0.15) is 13.3 Å². The number of hydrogen-bond donors (Lipinski definition) is 0. The van der Waals surface area contributed by atoms with Gasteiger partial charge in [0.2, 0.25) is 0 Å². The molecule has 2 heteroatoms. The molecule has 0 aromatic heterocycles. The maximum absolute atomic E-state index is 4.95. The van der Waals surface area contributed by atoms with E-state index in [-0.39, 0.29) is 6.29 Å². The summed E-state index contributed by atoms with van der Waals surface area (Å²) in [6.45, 7) is 5.73. The van der Waals surface area contributed by atoms with Gasteiger partial charge in [-0.1, -0.05) is 5.57 Å². The summed E-state index contributed by atoms with van der Waals surface area (Å²) in [5.74, 6) is 0. The largest absolute Gasteiger partial charge is 0.352 e. The van der Waals surface area contributed by atoms with Gasteiger partial charge < -0.3 is 9.47 Å². The van der Waals surface area contributed by atoms with Crippen LogP contribution in [0.4, 0.5) is 0 Å². The molecule has 0 aliphatic heterocycles. The van der Waals surface area contributed by atoms with Crippen LogP contribution in [-0.4, -0.2) is 20.5 Å². The lowest BCUT2D eigenvalue weighted by Gasteiger charge is -2.08. The van der Waals surface area contributed by atoms with Gasteiger partial charge in [-0.3, -0.25) is 0 Å². The number of methoxy groups -OCH3 is 2. The van der Waals surface area contributed by atoms with Crippen LogP contribution in [0.15, 0.2) is 11.6 Å². The summed E-state index contributed by atoms with van der Waals surface area (Å²) in [7, 11) is 3.22. The molecule has 0 saturated carbocycles.